The Morgan fingerprint density at radius 1 is 1.10 bits per heavy atom. The Morgan fingerprint density at radius 2 is 1.82 bits per heavy atom. The Morgan fingerprint density at radius 3 is 2.52 bits per heavy atom. The van der Waals surface area contributed by atoms with Crippen LogP contribution in [-0.4, -0.2) is 81.7 Å². The highest BCUT2D eigenvalue weighted by molar-refractivity contribution is 5.93. The summed E-state index contributed by atoms with van der Waals surface area (Å²) < 4.78 is 1.81. The van der Waals surface area contributed by atoms with Crippen molar-refractivity contribution < 1.29 is 14.4 Å². The van der Waals surface area contributed by atoms with Crippen LogP contribution in [0.5, 0.6) is 0 Å². The fraction of sp³-hybridized carbons (Fsp3) is 0.484. The number of carbonyl (C=O) groups is 3. The van der Waals surface area contributed by atoms with E-state index in [0.717, 1.165) is 18.4 Å². The molecule has 3 amide bonds. The van der Waals surface area contributed by atoms with Gasteiger partial charge in [0.25, 0.3) is 5.91 Å². The fourth-order valence-corrected chi connectivity index (χ4v) is 5.22. The van der Waals surface area contributed by atoms with Crippen molar-refractivity contribution in [3.05, 3.63) is 72.2 Å². The first kappa shape index (κ1) is 29.3. The zero-order valence-electron chi connectivity index (χ0n) is 24.3. The van der Waals surface area contributed by atoms with Crippen LogP contribution in [0.3, 0.4) is 0 Å². The molecule has 1 saturated heterocycles. The Hall–Kier alpha value is -3.72. The molecule has 1 fully saturated rings. The molecular formula is C31H42N6O3. The van der Waals surface area contributed by atoms with E-state index in [1.54, 1.807) is 20.2 Å². The standard InChI is InChI=1S/C31H42N6O3/c1-22(32-5)28(38)34-27(31(2,3)4)30(40)36-18-11-14-24(36)21-35(19-16-23-12-7-6-8-13-23)29(39)25-20-33-26-15-9-10-17-37(25)26/h6-10,12-13,15,17,20,22,24,27,32H,11,14,16,18-19,21H2,1-5H3,(H,34,38). The number of rotatable bonds is 10. The first-order valence-corrected chi connectivity index (χ1v) is 14.1. The number of nitrogens with zero attached hydrogens (tertiary/aromatic N) is 4. The lowest BCUT2D eigenvalue weighted by atomic mass is 9.85. The van der Waals surface area contributed by atoms with E-state index in [4.69, 9.17) is 0 Å². The monoisotopic (exact) mass is 546 g/mol. The number of benzene rings is 1. The van der Waals surface area contributed by atoms with Gasteiger partial charge < -0.3 is 20.4 Å². The van der Waals surface area contributed by atoms with Crippen molar-refractivity contribution in [2.24, 2.45) is 5.41 Å². The molecule has 4 rings (SSSR count). The average Bonchev–Trinajstić information content (AvgIpc) is 3.59. The minimum Gasteiger partial charge on any atom is -0.342 e. The summed E-state index contributed by atoms with van der Waals surface area (Å²) in [4.78, 5) is 48.8. The molecular weight excluding hydrogens is 504 g/mol. The van der Waals surface area contributed by atoms with Gasteiger partial charge in [0.1, 0.15) is 17.4 Å². The highest BCUT2D eigenvalue weighted by Crippen LogP contribution is 2.27. The Balaban J connectivity index is 1.57. The number of fused-ring (bicyclic) bond motifs is 1. The Bertz CT molecular complexity index is 1320. The minimum absolute atomic E-state index is 0.100. The second kappa shape index (κ2) is 12.6. The van der Waals surface area contributed by atoms with E-state index in [2.05, 4.69) is 27.8 Å². The number of hydrogen-bond donors (Lipinski definition) is 2. The summed E-state index contributed by atoms with van der Waals surface area (Å²) in [6.45, 7) is 9.19. The Labute approximate surface area is 236 Å². The second-order valence-corrected chi connectivity index (χ2v) is 11.7. The van der Waals surface area contributed by atoms with E-state index in [-0.39, 0.29) is 23.8 Å². The van der Waals surface area contributed by atoms with E-state index in [0.29, 0.717) is 37.4 Å². The highest BCUT2D eigenvalue weighted by Gasteiger charge is 2.41. The topological polar surface area (TPSA) is 99.0 Å². The summed E-state index contributed by atoms with van der Waals surface area (Å²) >= 11 is 0. The van der Waals surface area contributed by atoms with Gasteiger partial charge in [-0.2, -0.15) is 0 Å². The largest absolute Gasteiger partial charge is 0.342 e. The van der Waals surface area contributed by atoms with Gasteiger partial charge in [0.05, 0.1) is 12.2 Å². The van der Waals surface area contributed by atoms with Gasteiger partial charge >= 0.3 is 0 Å². The third-order valence-corrected chi connectivity index (χ3v) is 7.75. The summed E-state index contributed by atoms with van der Waals surface area (Å²) in [7, 11) is 1.72. The molecule has 2 aromatic heterocycles. The minimum atomic E-state index is -0.677. The van der Waals surface area contributed by atoms with E-state index < -0.39 is 17.5 Å². The number of likely N-dealkylation sites (N-methyl/N-ethyl adjacent to an activating group) is 1. The van der Waals surface area contributed by atoms with E-state index in [1.807, 2.05) is 77.6 Å². The van der Waals surface area contributed by atoms with Crippen molar-refractivity contribution in [3.63, 3.8) is 0 Å². The molecule has 1 aromatic carbocycles. The lowest BCUT2D eigenvalue weighted by Crippen LogP contribution is -2.59. The smallest absolute Gasteiger partial charge is 0.272 e. The maximum Gasteiger partial charge on any atom is 0.272 e. The summed E-state index contributed by atoms with van der Waals surface area (Å²) in [5.41, 5.74) is 1.88. The van der Waals surface area contributed by atoms with Crippen molar-refractivity contribution >= 4 is 23.4 Å². The molecule has 40 heavy (non-hydrogen) atoms. The third kappa shape index (κ3) is 6.70. The Kier molecular flexibility index (Phi) is 9.25. The zero-order valence-corrected chi connectivity index (χ0v) is 24.3. The van der Waals surface area contributed by atoms with E-state index in [1.165, 1.54) is 0 Å². The molecule has 1 aliphatic heterocycles. The molecule has 9 nitrogen and oxygen atoms in total. The predicted molar refractivity (Wildman–Crippen MR) is 156 cm³/mol. The molecule has 1 aliphatic rings. The number of amides is 3. The van der Waals surface area contributed by atoms with Crippen LogP contribution in [-0.2, 0) is 16.0 Å². The van der Waals surface area contributed by atoms with Gasteiger partial charge in [-0.25, -0.2) is 4.98 Å². The molecule has 0 saturated carbocycles. The predicted octanol–water partition coefficient (Wildman–Crippen LogP) is 3.15. The number of nitrogens with one attached hydrogen (secondary N) is 2. The number of carbonyl (C=O) groups excluding carboxylic acids is 3. The average molecular weight is 547 g/mol. The molecule has 0 radical (unpaired) electrons. The summed E-state index contributed by atoms with van der Waals surface area (Å²) in [6.07, 6.45) is 5.82. The van der Waals surface area contributed by atoms with Crippen LogP contribution >= 0.6 is 0 Å². The summed E-state index contributed by atoms with van der Waals surface area (Å²) in [5.74, 6) is -0.423. The molecule has 0 aliphatic carbocycles. The molecule has 3 heterocycles. The van der Waals surface area contributed by atoms with Gasteiger partial charge in [-0.15, -0.1) is 0 Å². The molecule has 0 spiro atoms. The quantitative estimate of drug-likeness (QED) is 0.407. The van der Waals surface area contributed by atoms with Crippen molar-refractivity contribution in [1.82, 2.24) is 29.8 Å². The van der Waals surface area contributed by atoms with Crippen LogP contribution in [0, 0.1) is 5.41 Å². The van der Waals surface area contributed by atoms with Crippen molar-refractivity contribution in [2.45, 2.75) is 65.1 Å². The van der Waals surface area contributed by atoms with Crippen molar-refractivity contribution in [3.8, 4) is 0 Å². The molecule has 3 unspecified atom stereocenters. The number of hydrogen-bond acceptors (Lipinski definition) is 5. The van der Waals surface area contributed by atoms with E-state index in [9.17, 15) is 14.4 Å². The van der Waals surface area contributed by atoms with Crippen LogP contribution in [0.25, 0.3) is 5.65 Å². The van der Waals surface area contributed by atoms with Crippen LogP contribution in [0.2, 0.25) is 0 Å². The SMILES string of the molecule is CNC(C)C(=O)NC(C(=O)N1CCCC1CN(CCc1ccccc1)C(=O)c1cnc2ccccn12)C(C)(C)C. The molecule has 0 bridgehead atoms. The first-order valence-electron chi connectivity index (χ1n) is 14.1. The number of aromatic nitrogens is 2. The third-order valence-electron chi connectivity index (χ3n) is 7.75. The lowest BCUT2D eigenvalue weighted by molar-refractivity contribution is -0.140. The van der Waals surface area contributed by atoms with Crippen LogP contribution in [0.4, 0.5) is 0 Å². The van der Waals surface area contributed by atoms with Crippen LogP contribution in [0.1, 0.15) is 56.6 Å². The van der Waals surface area contributed by atoms with Gasteiger partial charge in [0, 0.05) is 31.9 Å². The number of pyridine rings is 1. The highest BCUT2D eigenvalue weighted by atomic mass is 16.2. The summed E-state index contributed by atoms with van der Waals surface area (Å²) in [6, 6.07) is 14.5. The van der Waals surface area contributed by atoms with Gasteiger partial charge in [-0.1, -0.05) is 57.2 Å². The summed E-state index contributed by atoms with van der Waals surface area (Å²) in [5, 5.41) is 5.93. The lowest BCUT2D eigenvalue weighted by Gasteiger charge is -2.37. The van der Waals surface area contributed by atoms with Crippen molar-refractivity contribution in [1.29, 1.82) is 0 Å². The van der Waals surface area contributed by atoms with Gasteiger partial charge in [-0.3, -0.25) is 18.8 Å². The van der Waals surface area contributed by atoms with Gasteiger partial charge in [0.2, 0.25) is 11.8 Å². The molecule has 9 heteroatoms. The molecule has 2 N–H and O–H groups in total. The normalized spacial score (nSPS) is 17.0. The first-order chi connectivity index (χ1) is 19.1. The molecule has 3 atom stereocenters. The maximum absolute atomic E-state index is 14.0. The second-order valence-electron chi connectivity index (χ2n) is 11.7. The molecule has 3 aromatic rings. The number of imidazole rings is 1. The maximum atomic E-state index is 14.0. The van der Waals surface area contributed by atoms with E-state index >= 15 is 0 Å². The van der Waals surface area contributed by atoms with Crippen LogP contribution in [0.15, 0.2) is 60.9 Å². The van der Waals surface area contributed by atoms with Crippen LogP contribution < -0.4 is 10.6 Å². The van der Waals surface area contributed by atoms with Gasteiger partial charge in [-0.05, 0) is 56.3 Å². The van der Waals surface area contributed by atoms with Crippen molar-refractivity contribution in [2.75, 3.05) is 26.7 Å². The van der Waals surface area contributed by atoms with Gasteiger partial charge in [0.15, 0.2) is 0 Å². The fourth-order valence-electron chi connectivity index (χ4n) is 5.22. The number of likely N-dealkylation sites (tertiary alicyclic amines) is 1. The zero-order chi connectivity index (χ0) is 28.9. The molecule has 214 valence electrons.